The quantitative estimate of drug-likeness (QED) is 0.699. The molecule has 2 N–H and O–H groups in total. The number of benzene rings is 2. The van der Waals surface area contributed by atoms with Crippen LogP contribution < -0.4 is 20.1 Å². The van der Waals surface area contributed by atoms with Gasteiger partial charge < -0.3 is 20.1 Å². The van der Waals surface area contributed by atoms with Crippen LogP contribution in [0.15, 0.2) is 60.7 Å². The summed E-state index contributed by atoms with van der Waals surface area (Å²) in [6.07, 6.45) is 0. The van der Waals surface area contributed by atoms with Crippen LogP contribution in [0.3, 0.4) is 0 Å². The summed E-state index contributed by atoms with van der Waals surface area (Å²) in [6.45, 7) is 2.41. The lowest BCUT2D eigenvalue weighted by Crippen LogP contribution is -2.25. The Morgan fingerprint density at radius 2 is 1.69 bits per heavy atom. The van der Waals surface area contributed by atoms with Gasteiger partial charge >= 0.3 is 0 Å². The average Bonchev–Trinajstić information content (AvgIpc) is 3.21. The maximum atomic E-state index is 12.5. The minimum absolute atomic E-state index is 0.170. The first-order valence-electron chi connectivity index (χ1n) is 9.11. The van der Waals surface area contributed by atoms with Crippen LogP contribution in [0.1, 0.15) is 32.1 Å². The summed E-state index contributed by atoms with van der Waals surface area (Å²) in [7, 11) is 0. The molecule has 2 amide bonds. The van der Waals surface area contributed by atoms with Crippen molar-refractivity contribution in [2.75, 3.05) is 12.1 Å². The number of aromatic nitrogens is 1. The van der Waals surface area contributed by atoms with Crippen molar-refractivity contribution in [2.45, 2.75) is 13.5 Å². The topological polar surface area (TPSA) is 89.6 Å². The molecule has 146 valence electrons. The van der Waals surface area contributed by atoms with Gasteiger partial charge in [0.05, 0.1) is 0 Å². The van der Waals surface area contributed by atoms with Gasteiger partial charge in [0.15, 0.2) is 11.5 Å². The zero-order valence-corrected chi connectivity index (χ0v) is 15.8. The summed E-state index contributed by atoms with van der Waals surface area (Å²) < 4.78 is 10.6. The number of nitrogens with zero attached hydrogens (tertiary/aromatic N) is 1. The summed E-state index contributed by atoms with van der Waals surface area (Å²) in [5.74, 6) is 0.608. The molecule has 0 saturated carbocycles. The van der Waals surface area contributed by atoms with E-state index in [-0.39, 0.29) is 30.0 Å². The van der Waals surface area contributed by atoms with Crippen molar-refractivity contribution in [3.05, 3.63) is 83.2 Å². The number of pyridine rings is 1. The highest BCUT2D eigenvalue weighted by Gasteiger charge is 2.15. The predicted octanol–water partition coefficient (Wildman–Crippen LogP) is 3.30. The van der Waals surface area contributed by atoms with E-state index in [1.807, 2.05) is 43.3 Å². The Hall–Kier alpha value is -3.87. The third kappa shape index (κ3) is 4.19. The molecule has 1 aliphatic heterocycles. The number of para-hydroxylation sites is 1. The Morgan fingerprint density at radius 3 is 2.52 bits per heavy atom. The summed E-state index contributed by atoms with van der Waals surface area (Å²) in [6, 6.07) is 17.7. The number of carbonyl (C=O) groups is 2. The lowest BCUT2D eigenvalue weighted by molar-refractivity contribution is 0.0945. The molecule has 0 saturated heterocycles. The molecule has 0 unspecified atom stereocenters. The first kappa shape index (κ1) is 18.5. The minimum Gasteiger partial charge on any atom is -0.454 e. The second-order valence-corrected chi connectivity index (χ2v) is 6.55. The van der Waals surface area contributed by atoms with Crippen molar-refractivity contribution in [3.63, 3.8) is 0 Å². The predicted molar refractivity (Wildman–Crippen MR) is 107 cm³/mol. The van der Waals surface area contributed by atoms with Gasteiger partial charge in [-0.15, -0.1) is 0 Å². The molecular formula is C22H19N3O4. The molecule has 1 aromatic heterocycles. The Balaban J connectivity index is 1.42. The van der Waals surface area contributed by atoms with Gasteiger partial charge in [0.1, 0.15) is 11.4 Å². The number of carbonyl (C=O) groups excluding carboxylic acids is 2. The van der Waals surface area contributed by atoms with Crippen LogP contribution in [-0.2, 0) is 6.54 Å². The van der Waals surface area contributed by atoms with E-state index in [0.717, 1.165) is 11.1 Å². The van der Waals surface area contributed by atoms with Gasteiger partial charge in [-0.3, -0.25) is 9.59 Å². The van der Waals surface area contributed by atoms with Gasteiger partial charge in [-0.05, 0) is 48.4 Å². The number of hydrogen-bond donors (Lipinski definition) is 2. The number of aryl methyl sites for hydroxylation is 1. The van der Waals surface area contributed by atoms with Crippen molar-refractivity contribution in [3.8, 4) is 11.5 Å². The molecular weight excluding hydrogens is 370 g/mol. The third-order valence-electron chi connectivity index (χ3n) is 4.50. The standard InChI is InChI=1S/C22H19N3O4/c1-14-5-2-3-6-16(14)25-22(27)18-8-4-7-17(24-18)21(26)23-12-15-9-10-19-20(11-15)29-13-28-19/h2-11H,12-13H2,1H3,(H,23,26)(H,25,27). The van der Waals surface area contributed by atoms with Crippen LogP contribution in [-0.4, -0.2) is 23.6 Å². The number of anilines is 1. The zero-order valence-electron chi connectivity index (χ0n) is 15.8. The highest BCUT2D eigenvalue weighted by atomic mass is 16.7. The van der Waals surface area contributed by atoms with Crippen LogP contribution in [0.25, 0.3) is 0 Å². The van der Waals surface area contributed by atoms with E-state index in [2.05, 4.69) is 15.6 Å². The molecule has 0 fully saturated rings. The van der Waals surface area contributed by atoms with Crippen LogP contribution in [0.4, 0.5) is 5.69 Å². The number of hydrogen-bond acceptors (Lipinski definition) is 5. The molecule has 7 nitrogen and oxygen atoms in total. The third-order valence-corrected chi connectivity index (χ3v) is 4.50. The largest absolute Gasteiger partial charge is 0.454 e. The summed E-state index contributed by atoms with van der Waals surface area (Å²) in [4.78, 5) is 29.2. The lowest BCUT2D eigenvalue weighted by atomic mass is 10.2. The molecule has 7 heteroatoms. The average molecular weight is 389 g/mol. The van der Waals surface area contributed by atoms with Crippen molar-refractivity contribution in [1.82, 2.24) is 10.3 Å². The molecule has 1 aliphatic rings. The normalized spacial score (nSPS) is 11.8. The molecule has 3 aromatic rings. The van der Waals surface area contributed by atoms with Gasteiger partial charge in [-0.2, -0.15) is 0 Å². The van der Waals surface area contributed by atoms with E-state index >= 15 is 0 Å². The van der Waals surface area contributed by atoms with Crippen molar-refractivity contribution >= 4 is 17.5 Å². The first-order valence-corrected chi connectivity index (χ1v) is 9.11. The Kier molecular flexibility index (Phi) is 5.11. The Labute approximate surface area is 167 Å². The summed E-state index contributed by atoms with van der Waals surface area (Å²) in [5.41, 5.74) is 2.86. The van der Waals surface area contributed by atoms with Gasteiger partial charge in [0.25, 0.3) is 11.8 Å². The lowest BCUT2D eigenvalue weighted by Gasteiger charge is -2.09. The molecule has 0 bridgehead atoms. The highest BCUT2D eigenvalue weighted by molar-refractivity contribution is 6.04. The molecule has 2 aromatic carbocycles. The molecule has 0 spiro atoms. The van der Waals surface area contributed by atoms with Crippen LogP contribution in [0.5, 0.6) is 11.5 Å². The van der Waals surface area contributed by atoms with Crippen molar-refractivity contribution in [1.29, 1.82) is 0 Å². The second-order valence-electron chi connectivity index (χ2n) is 6.55. The fraction of sp³-hybridized carbons (Fsp3) is 0.136. The van der Waals surface area contributed by atoms with Crippen LogP contribution >= 0.6 is 0 Å². The Bertz CT molecular complexity index is 1080. The van der Waals surface area contributed by atoms with E-state index in [4.69, 9.17) is 9.47 Å². The summed E-state index contributed by atoms with van der Waals surface area (Å²) >= 11 is 0. The number of fused-ring (bicyclic) bond motifs is 1. The van der Waals surface area contributed by atoms with Crippen molar-refractivity contribution < 1.29 is 19.1 Å². The number of ether oxygens (including phenoxy) is 2. The van der Waals surface area contributed by atoms with E-state index in [9.17, 15) is 9.59 Å². The Morgan fingerprint density at radius 1 is 0.931 bits per heavy atom. The monoisotopic (exact) mass is 389 g/mol. The van der Waals surface area contributed by atoms with E-state index < -0.39 is 0 Å². The fourth-order valence-electron chi connectivity index (χ4n) is 2.91. The number of rotatable bonds is 5. The maximum Gasteiger partial charge on any atom is 0.274 e. The minimum atomic E-state index is -0.371. The second kappa shape index (κ2) is 8.02. The van der Waals surface area contributed by atoms with Gasteiger partial charge in [0.2, 0.25) is 6.79 Å². The molecule has 2 heterocycles. The first-order chi connectivity index (χ1) is 14.1. The number of nitrogens with one attached hydrogen (secondary N) is 2. The molecule has 29 heavy (non-hydrogen) atoms. The smallest absolute Gasteiger partial charge is 0.274 e. The molecule has 4 rings (SSSR count). The van der Waals surface area contributed by atoms with E-state index in [0.29, 0.717) is 23.7 Å². The van der Waals surface area contributed by atoms with E-state index in [1.165, 1.54) is 0 Å². The van der Waals surface area contributed by atoms with Crippen LogP contribution in [0.2, 0.25) is 0 Å². The van der Waals surface area contributed by atoms with Gasteiger partial charge in [0, 0.05) is 12.2 Å². The van der Waals surface area contributed by atoms with Gasteiger partial charge in [-0.1, -0.05) is 30.3 Å². The maximum absolute atomic E-state index is 12.5. The SMILES string of the molecule is Cc1ccccc1NC(=O)c1cccc(C(=O)NCc2ccc3c(c2)OCO3)n1. The fourth-order valence-corrected chi connectivity index (χ4v) is 2.91. The van der Waals surface area contributed by atoms with E-state index in [1.54, 1.807) is 24.3 Å². The number of amides is 2. The molecule has 0 radical (unpaired) electrons. The van der Waals surface area contributed by atoms with Crippen LogP contribution in [0, 0.1) is 6.92 Å². The van der Waals surface area contributed by atoms with Gasteiger partial charge in [-0.25, -0.2) is 4.98 Å². The zero-order chi connectivity index (χ0) is 20.2. The highest BCUT2D eigenvalue weighted by Crippen LogP contribution is 2.32. The van der Waals surface area contributed by atoms with Crippen molar-refractivity contribution in [2.24, 2.45) is 0 Å². The molecule has 0 aliphatic carbocycles. The summed E-state index contributed by atoms with van der Waals surface area (Å²) in [5, 5.41) is 5.62. The molecule has 0 atom stereocenters.